The minimum absolute atomic E-state index is 0.0781. The molecule has 2 amide bonds. The van der Waals surface area contributed by atoms with Gasteiger partial charge in [0.2, 0.25) is 11.8 Å². The molecule has 4 rings (SSSR count). The monoisotopic (exact) mass is 418 g/mol. The summed E-state index contributed by atoms with van der Waals surface area (Å²) in [7, 11) is 0. The van der Waals surface area contributed by atoms with Gasteiger partial charge in [-0.05, 0) is 60.6 Å². The minimum atomic E-state index is -0.505. The van der Waals surface area contributed by atoms with E-state index in [-0.39, 0.29) is 35.8 Å². The average Bonchev–Trinajstić information content (AvgIpc) is 2.68. The number of carbonyl (C=O) groups is 2. The fraction of sp³-hybridized carbons (Fsp3) is 0.364. The van der Waals surface area contributed by atoms with Gasteiger partial charge in [-0.1, -0.05) is 23.7 Å². The first-order valence-corrected chi connectivity index (χ1v) is 10.1. The van der Waals surface area contributed by atoms with E-state index in [1.165, 1.54) is 12.1 Å². The van der Waals surface area contributed by atoms with Gasteiger partial charge in [-0.3, -0.25) is 14.9 Å². The van der Waals surface area contributed by atoms with Crippen LogP contribution in [0.4, 0.5) is 14.5 Å². The number of rotatable bonds is 3. The zero-order valence-electron chi connectivity index (χ0n) is 15.8. The van der Waals surface area contributed by atoms with Crippen LogP contribution in [0.15, 0.2) is 36.4 Å². The van der Waals surface area contributed by atoms with Gasteiger partial charge in [-0.15, -0.1) is 0 Å². The molecular formula is C22H21ClF2N2O2. The zero-order valence-corrected chi connectivity index (χ0v) is 16.5. The number of anilines is 1. The molecule has 1 N–H and O–H groups in total. The minimum Gasteiger partial charge on any atom is -0.369 e. The molecule has 7 heteroatoms. The first-order chi connectivity index (χ1) is 13.9. The maximum absolute atomic E-state index is 14.8. The van der Waals surface area contributed by atoms with E-state index in [0.717, 1.165) is 0 Å². The van der Waals surface area contributed by atoms with Crippen LogP contribution in [-0.4, -0.2) is 24.9 Å². The molecule has 0 spiro atoms. The van der Waals surface area contributed by atoms with Crippen molar-refractivity contribution in [2.24, 2.45) is 0 Å². The average molecular weight is 419 g/mol. The summed E-state index contributed by atoms with van der Waals surface area (Å²) in [6, 6.07) is 9.59. The van der Waals surface area contributed by atoms with Crippen LogP contribution in [0.3, 0.4) is 0 Å². The molecule has 2 aromatic rings. The van der Waals surface area contributed by atoms with E-state index in [9.17, 15) is 18.4 Å². The van der Waals surface area contributed by atoms with Gasteiger partial charge in [0.15, 0.2) is 0 Å². The van der Waals surface area contributed by atoms with Crippen LogP contribution in [0.1, 0.15) is 48.6 Å². The Balaban J connectivity index is 1.45. The molecule has 4 nitrogen and oxygen atoms in total. The van der Waals surface area contributed by atoms with Crippen LogP contribution >= 0.6 is 11.6 Å². The molecular weight excluding hydrogens is 398 g/mol. The Morgan fingerprint density at radius 1 is 0.966 bits per heavy atom. The molecule has 2 aliphatic heterocycles. The van der Waals surface area contributed by atoms with E-state index >= 15 is 0 Å². The molecule has 2 heterocycles. The first kappa shape index (κ1) is 19.8. The van der Waals surface area contributed by atoms with E-state index in [4.69, 9.17) is 11.6 Å². The van der Waals surface area contributed by atoms with Gasteiger partial charge < -0.3 is 4.90 Å². The molecule has 2 aromatic carbocycles. The highest BCUT2D eigenvalue weighted by Gasteiger charge is 2.29. The number of amides is 2. The Hall–Kier alpha value is -2.47. The third-order valence-corrected chi connectivity index (χ3v) is 6.09. The van der Waals surface area contributed by atoms with E-state index in [2.05, 4.69) is 5.32 Å². The Labute approximate surface area is 172 Å². The lowest BCUT2D eigenvalue weighted by molar-refractivity contribution is -0.134. The lowest BCUT2D eigenvalue weighted by Crippen LogP contribution is -2.39. The van der Waals surface area contributed by atoms with Crippen molar-refractivity contribution in [2.75, 3.05) is 18.0 Å². The van der Waals surface area contributed by atoms with Gasteiger partial charge in [0.1, 0.15) is 11.6 Å². The smallest absolute Gasteiger partial charge is 0.234 e. The lowest BCUT2D eigenvalue weighted by Gasteiger charge is -2.34. The lowest BCUT2D eigenvalue weighted by atomic mass is 9.88. The summed E-state index contributed by atoms with van der Waals surface area (Å²) in [6.07, 6.45) is 2.08. The molecule has 0 radical (unpaired) electrons. The topological polar surface area (TPSA) is 49.4 Å². The molecule has 2 fully saturated rings. The van der Waals surface area contributed by atoms with Crippen LogP contribution in [0.2, 0.25) is 5.02 Å². The summed E-state index contributed by atoms with van der Waals surface area (Å²) < 4.78 is 29.0. The number of halogens is 3. The van der Waals surface area contributed by atoms with Crippen molar-refractivity contribution in [1.82, 2.24) is 5.32 Å². The van der Waals surface area contributed by atoms with E-state index < -0.39 is 5.92 Å². The third-order valence-electron chi connectivity index (χ3n) is 5.85. The fourth-order valence-corrected chi connectivity index (χ4v) is 4.43. The number of imide groups is 1. The van der Waals surface area contributed by atoms with Gasteiger partial charge in [0.05, 0.1) is 11.6 Å². The quantitative estimate of drug-likeness (QED) is 0.745. The van der Waals surface area contributed by atoms with Crippen molar-refractivity contribution in [3.05, 3.63) is 64.2 Å². The van der Waals surface area contributed by atoms with Gasteiger partial charge in [0.25, 0.3) is 0 Å². The van der Waals surface area contributed by atoms with Gasteiger partial charge in [-0.25, -0.2) is 8.78 Å². The zero-order chi connectivity index (χ0) is 20.5. The summed E-state index contributed by atoms with van der Waals surface area (Å²) in [5.74, 6) is -1.77. The molecule has 29 heavy (non-hydrogen) atoms. The number of nitrogens with zero attached hydrogens (tertiary/aromatic N) is 1. The van der Waals surface area contributed by atoms with Crippen LogP contribution in [0.5, 0.6) is 0 Å². The second kappa shape index (κ2) is 8.11. The van der Waals surface area contributed by atoms with Gasteiger partial charge in [0, 0.05) is 24.5 Å². The molecule has 152 valence electrons. The highest BCUT2D eigenvalue weighted by Crippen LogP contribution is 2.35. The molecule has 0 aliphatic carbocycles. The third kappa shape index (κ3) is 4.13. The van der Waals surface area contributed by atoms with Crippen molar-refractivity contribution < 1.29 is 18.4 Å². The van der Waals surface area contributed by atoms with Gasteiger partial charge in [-0.2, -0.15) is 0 Å². The molecule has 2 aliphatic rings. The molecule has 0 bridgehead atoms. The predicted molar refractivity (Wildman–Crippen MR) is 107 cm³/mol. The number of nitrogens with one attached hydrogen (secondary N) is 1. The number of hydrogen-bond donors (Lipinski definition) is 1. The molecule has 2 saturated heterocycles. The van der Waals surface area contributed by atoms with Crippen molar-refractivity contribution >= 4 is 29.1 Å². The number of piperidine rings is 2. The standard InChI is InChI=1S/C22H21ClF2N2O2/c23-15-2-3-16(18(24)12-15)13-7-9-27(10-8-13)20-5-1-14(11-19(20)25)17-4-6-21(28)26-22(17)29/h1-3,5,11-13,17H,4,6-10H2,(H,26,28,29). The SMILES string of the molecule is O=C1CCC(c2ccc(N3CCC(c4ccc(Cl)cc4F)CC3)c(F)c2)C(=O)N1. The molecule has 0 saturated carbocycles. The summed E-state index contributed by atoms with van der Waals surface area (Å²) in [5, 5.41) is 2.68. The Morgan fingerprint density at radius 3 is 2.38 bits per heavy atom. The summed E-state index contributed by atoms with van der Waals surface area (Å²) in [6.45, 7) is 1.23. The molecule has 1 unspecified atom stereocenters. The van der Waals surface area contributed by atoms with E-state index in [1.54, 1.807) is 24.3 Å². The highest BCUT2D eigenvalue weighted by molar-refractivity contribution is 6.30. The van der Waals surface area contributed by atoms with E-state index in [1.807, 2.05) is 4.90 Å². The number of benzene rings is 2. The predicted octanol–water partition coefficient (Wildman–Crippen LogP) is 4.52. The summed E-state index contributed by atoms with van der Waals surface area (Å²) >= 11 is 5.83. The summed E-state index contributed by atoms with van der Waals surface area (Å²) in [4.78, 5) is 25.3. The van der Waals surface area contributed by atoms with E-state index in [0.29, 0.717) is 54.2 Å². The van der Waals surface area contributed by atoms with Gasteiger partial charge >= 0.3 is 0 Å². The normalized spacial score (nSPS) is 20.7. The van der Waals surface area contributed by atoms with Crippen LogP contribution < -0.4 is 10.2 Å². The van der Waals surface area contributed by atoms with Crippen LogP contribution in [0.25, 0.3) is 0 Å². The van der Waals surface area contributed by atoms with Crippen LogP contribution in [-0.2, 0) is 9.59 Å². The number of hydrogen-bond acceptors (Lipinski definition) is 3. The van der Waals surface area contributed by atoms with Crippen molar-refractivity contribution in [1.29, 1.82) is 0 Å². The van der Waals surface area contributed by atoms with Crippen LogP contribution in [0, 0.1) is 11.6 Å². The maximum Gasteiger partial charge on any atom is 0.234 e. The van der Waals surface area contributed by atoms with Crippen molar-refractivity contribution in [3.63, 3.8) is 0 Å². The second-order valence-electron chi connectivity index (χ2n) is 7.64. The second-order valence-corrected chi connectivity index (χ2v) is 8.08. The Kier molecular flexibility index (Phi) is 5.54. The molecule has 0 aromatic heterocycles. The molecule has 1 atom stereocenters. The summed E-state index contributed by atoms with van der Waals surface area (Å²) in [5.41, 5.74) is 1.72. The first-order valence-electron chi connectivity index (χ1n) is 9.75. The number of carbonyl (C=O) groups excluding carboxylic acids is 2. The highest BCUT2D eigenvalue weighted by atomic mass is 35.5. The largest absolute Gasteiger partial charge is 0.369 e. The fourth-order valence-electron chi connectivity index (χ4n) is 4.27. The van der Waals surface area contributed by atoms with Crippen molar-refractivity contribution in [3.8, 4) is 0 Å². The maximum atomic E-state index is 14.8. The van der Waals surface area contributed by atoms with Crippen molar-refractivity contribution in [2.45, 2.75) is 37.5 Å². The Morgan fingerprint density at radius 2 is 1.72 bits per heavy atom. The Bertz CT molecular complexity index is 958.